The number of furan rings is 1. The van der Waals surface area contributed by atoms with Gasteiger partial charge < -0.3 is 13.9 Å². The van der Waals surface area contributed by atoms with Gasteiger partial charge in [-0.05, 0) is 72.8 Å². The predicted molar refractivity (Wildman–Crippen MR) is 145 cm³/mol. The molecule has 0 N–H and O–H groups in total. The van der Waals surface area contributed by atoms with Gasteiger partial charge in [0.2, 0.25) is 0 Å². The van der Waals surface area contributed by atoms with Gasteiger partial charge in [0.05, 0.1) is 17.3 Å². The van der Waals surface area contributed by atoms with Crippen LogP contribution in [0.1, 0.15) is 0 Å². The fraction of sp³-hybridized carbons (Fsp3) is 0. The highest BCUT2D eigenvalue weighted by molar-refractivity contribution is 6.12. The van der Waals surface area contributed by atoms with E-state index in [0.29, 0.717) is 0 Å². The van der Waals surface area contributed by atoms with Crippen LogP contribution in [0, 0.1) is 0 Å². The van der Waals surface area contributed by atoms with Crippen molar-refractivity contribution in [3.8, 4) is 5.69 Å². The van der Waals surface area contributed by atoms with Crippen LogP contribution in [0.3, 0.4) is 0 Å². The highest BCUT2D eigenvalue weighted by Crippen LogP contribution is 2.37. The Hall–Kier alpha value is -4.76. The maximum absolute atomic E-state index is 5.70. The highest BCUT2D eigenvalue weighted by atomic mass is 16.3. The third-order valence-corrected chi connectivity index (χ3v) is 6.64. The van der Waals surface area contributed by atoms with E-state index < -0.39 is 0 Å². The number of nitrogens with zero attached hydrogens (tertiary/aromatic N) is 2. The number of benzene rings is 5. The fourth-order valence-electron chi connectivity index (χ4n) is 5.05. The van der Waals surface area contributed by atoms with Crippen molar-refractivity contribution in [2.75, 3.05) is 4.90 Å². The van der Waals surface area contributed by atoms with Crippen LogP contribution in [-0.2, 0) is 0 Å². The number of hydrogen-bond acceptors (Lipinski definition) is 2. The molecule has 3 heteroatoms. The summed E-state index contributed by atoms with van der Waals surface area (Å²) in [4.78, 5) is 2.28. The summed E-state index contributed by atoms with van der Waals surface area (Å²) in [5.41, 5.74) is 7.78. The number of hydrogen-bond donors (Lipinski definition) is 0. The first-order valence-electron chi connectivity index (χ1n) is 11.8. The van der Waals surface area contributed by atoms with E-state index in [1.165, 1.54) is 21.8 Å². The molecule has 0 bridgehead atoms. The van der Waals surface area contributed by atoms with Crippen LogP contribution in [0.25, 0.3) is 38.5 Å². The number of anilines is 3. The summed E-state index contributed by atoms with van der Waals surface area (Å²) in [5, 5.41) is 3.53. The summed E-state index contributed by atoms with van der Waals surface area (Å²) in [5.74, 6) is 0. The highest BCUT2D eigenvalue weighted by Gasteiger charge is 2.16. The lowest BCUT2D eigenvalue weighted by Crippen LogP contribution is -2.09. The molecule has 0 aliphatic carbocycles. The van der Waals surface area contributed by atoms with E-state index >= 15 is 0 Å². The van der Waals surface area contributed by atoms with E-state index in [0.717, 1.165) is 33.7 Å². The number of fused-ring (bicyclic) bond motifs is 4. The Labute approximate surface area is 203 Å². The van der Waals surface area contributed by atoms with Gasteiger partial charge in [-0.3, -0.25) is 0 Å². The minimum atomic E-state index is 0.914. The van der Waals surface area contributed by atoms with Gasteiger partial charge in [0.25, 0.3) is 0 Å². The number of rotatable bonds is 4. The second kappa shape index (κ2) is 7.93. The predicted octanol–water partition coefficient (Wildman–Crippen LogP) is 9.00. The van der Waals surface area contributed by atoms with Crippen molar-refractivity contribution >= 4 is 49.8 Å². The SMILES string of the molecule is c1ccc(N(c2ccccc2)c2ccc(-n3c4ccccc4c4cc5occc5cc43)cc2)cc1. The molecule has 166 valence electrons. The van der Waals surface area contributed by atoms with Crippen LogP contribution in [0.5, 0.6) is 0 Å². The normalized spacial score (nSPS) is 11.4. The van der Waals surface area contributed by atoms with Crippen molar-refractivity contribution in [2.45, 2.75) is 0 Å². The molecule has 7 aromatic rings. The van der Waals surface area contributed by atoms with Crippen LogP contribution >= 0.6 is 0 Å². The number of para-hydroxylation sites is 3. The van der Waals surface area contributed by atoms with Crippen molar-refractivity contribution in [3.05, 3.63) is 134 Å². The van der Waals surface area contributed by atoms with Gasteiger partial charge in [0, 0.05) is 38.9 Å². The van der Waals surface area contributed by atoms with Crippen molar-refractivity contribution in [2.24, 2.45) is 0 Å². The van der Waals surface area contributed by atoms with Crippen molar-refractivity contribution in [1.82, 2.24) is 4.57 Å². The molecule has 0 aliphatic heterocycles. The zero-order valence-electron chi connectivity index (χ0n) is 19.0. The Morgan fingerprint density at radius 3 is 1.86 bits per heavy atom. The van der Waals surface area contributed by atoms with Gasteiger partial charge in [-0.1, -0.05) is 54.6 Å². The Morgan fingerprint density at radius 1 is 0.514 bits per heavy atom. The first-order valence-corrected chi connectivity index (χ1v) is 11.8. The van der Waals surface area contributed by atoms with E-state index in [2.05, 4.69) is 131 Å². The van der Waals surface area contributed by atoms with E-state index in [1.54, 1.807) is 6.26 Å². The average molecular weight is 451 g/mol. The molecule has 0 amide bonds. The summed E-state index contributed by atoms with van der Waals surface area (Å²) in [6.45, 7) is 0. The maximum atomic E-state index is 5.70. The molecule has 0 aliphatic rings. The lowest BCUT2D eigenvalue weighted by atomic mass is 10.1. The van der Waals surface area contributed by atoms with Gasteiger partial charge in [0.15, 0.2) is 0 Å². The van der Waals surface area contributed by atoms with Crippen molar-refractivity contribution in [3.63, 3.8) is 0 Å². The average Bonchev–Trinajstić information content (AvgIpc) is 3.51. The topological polar surface area (TPSA) is 21.3 Å². The fourth-order valence-corrected chi connectivity index (χ4v) is 5.05. The van der Waals surface area contributed by atoms with E-state index in [4.69, 9.17) is 4.42 Å². The maximum Gasteiger partial charge on any atom is 0.134 e. The van der Waals surface area contributed by atoms with Gasteiger partial charge in [-0.2, -0.15) is 0 Å². The van der Waals surface area contributed by atoms with Gasteiger partial charge >= 0.3 is 0 Å². The van der Waals surface area contributed by atoms with Crippen LogP contribution in [0.15, 0.2) is 138 Å². The smallest absolute Gasteiger partial charge is 0.134 e. The van der Waals surface area contributed by atoms with E-state index in [9.17, 15) is 0 Å². The first-order chi connectivity index (χ1) is 17.4. The summed E-state index contributed by atoms with van der Waals surface area (Å²) in [7, 11) is 0. The Morgan fingerprint density at radius 2 is 1.14 bits per heavy atom. The van der Waals surface area contributed by atoms with E-state index in [-0.39, 0.29) is 0 Å². The molecular weight excluding hydrogens is 428 g/mol. The third-order valence-electron chi connectivity index (χ3n) is 6.64. The van der Waals surface area contributed by atoms with Crippen LogP contribution in [0.4, 0.5) is 17.1 Å². The van der Waals surface area contributed by atoms with Gasteiger partial charge in [-0.15, -0.1) is 0 Å². The summed E-state index contributed by atoms with van der Waals surface area (Å²) in [6, 6.07) is 44.8. The molecule has 0 saturated heterocycles. The molecule has 0 spiro atoms. The zero-order valence-corrected chi connectivity index (χ0v) is 19.0. The monoisotopic (exact) mass is 450 g/mol. The molecule has 35 heavy (non-hydrogen) atoms. The van der Waals surface area contributed by atoms with Gasteiger partial charge in [0.1, 0.15) is 5.58 Å². The molecule has 0 atom stereocenters. The first kappa shape index (κ1) is 19.7. The molecule has 0 unspecified atom stereocenters. The van der Waals surface area contributed by atoms with Crippen molar-refractivity contribution < 1.29 is 4.42 Å². The molecule has 0 saturated carbocycles. The molecule has 0 radical (unpaired) electrons. The Kier molecular flexibility index (Phi) is 4.46. The second-order valence-electron chi connectivity index (χ2n) is 8.70. The largest absolute Gasteiger partial charge is 0.464 e. The second-order valence-corrected chi connectivity index (χ2v) is 8.70. The summed E-state index contributed by atoms with van der Waals surface area (Å²) < 4.78 is 8.04. The zero-order chi connectivity index (χ0) is 23.2. The molecule has 0 fully saturated rings. The third kappa shape index (κ3) is 3.21. The molecule has 2 aromatic heterocycles. The minimum absolute atomic E-state index is 0.914. The minimum Gasteiger partial charge on any atom is -0.464 e. The summed E-state index contributed by atoms with van der Waals surface area (Å²) in [6.07, 6.45) is 1.76. The molecule has 3 nitrogen and oxygen atoms in total. The standard InChI is InChI=1S/C32H22N2O/c1-3-9-24(10-4-1)33(25-11-5-2-6-12-25)26-15-17-27(18-16-26)34-30-14-8-7-13-28(30)29-22-32-23(19-20-35-32)21-31(29)34/h1-22H. The van der Waals surface area contributed by atoms with E-state index in [1.807, 2.05) is 6.07 Å². The molecule has 5 aromatic carbocycles. The van der Waals surface area contributed by atoms with Crippen LogP contribution < -0.4 is 4.90 Å². The van der Waals surface area contributed by atoms with Crippen LogP contribution in [-0.4, -0.2) is 4.57 Å². The Bertz CT molecular complexity index is 1740. The quantitative estimate of drug-likeness (QED) is 0.267. The Balaban J connectivity index is 1.41. The lowest BCUT2D eigenvalue weighted by molar-refractivity contribution is 0.616. The van der Waals surface area contributed by atoms with Gasteiger partial charge in [-0.25, -0.2) is 0 Å². The summed E-state index contributed by atoms with van der Waals surface area (Å²) >= 11 is 0. The van der Waals surface area contributed by atoms with Crippen LogP contribution in [0.2, 0.25) is 0 Å². The number of aromatic nitrogens is 1. The molecular formula is C32H22N2O. The lowest BCUT2D eigenvalue weighted by Gasteiger charge is -2.25. The van der Waals surface area contributed by atoms with Crippen molar-refractivity contribution in [1.29, 1.82) is 0 Å². The molecule has 2 heterocycles. The molecule has 7 rings (SSSR count).